The summed E-state index contributed by atoms with van der Waals surface area (Å²) in [5.41, 5.74) is 7.67. The van der Waals surface area contributed by atoms with Crippen LogP contribution in [-0.4, -0.2) is 23.7 Å². The standard InChI is InChI=1S/C12H13N3O/c1-8-14-11(12(16)15(8)2)7-9-3-5-10(13)6-4-9/h3-7H,13H2,1-2H3/b11-7-. The van der Waals surface area contributed by atoms with Crippen LogP contribution in [0.4, 0.5) is 5.69 Å². The molecule has 1 aromatic carbocycles. The molecule has 0 spiro atoms. The first kappa shape index (κ1) is 10.4. The molecule has 1 heterocycles. The smallest absolute Gasteiger partial charge is 0.277 e. The number of hydrogen-bond donors (Lipinski definition) is 1. The predicted octanol–water partition coefficient (Wildman–Crippen LogP) is 1.50. The van der Waals surface area contributed by atoms with E-state index in [1.54, 1.807) is 25.3 Å². The zero-order chi connectivity index (χ0) is 11.7. The molecule has 2 rings (SSSR count). The van der Waals surface area contributed by atoms with E-state index in [0.717, 1.165) is 5.56 Å². The molecule has 4 nitrogen and oxygen atoms in total. The molecule has 0 fully saturated rings. The van der Waals surface area contributed by atoms with Gasteiger partial charge in [0.25, 0.3) is 5.91 Å². The lowest BCUT2D eigenvalue weighted by Gasteiger charge is -2.05. The lowest BCUT2D eigenvalue weighted by Crippen LogP contribution is -2.25. The monoisotopic (exact) mass is 215 g/mol. The van der Waals surface area contributed by atoms with Crippen molar-refractivity contribution in [2.45, 2.75) is 6.92 Å². The van der Waals surface area contributed by atoms with Gasteiger partial charge in [0, 0.05) is 12.7 Å². The highest BCUT2D eigenvalue weighted by atomic mass is 16.2. The topological polar surface area (TPSA) is 58.7 Å². The quantitative estimate of drug-likeness (QED) is 0.570. The summed E-state index contributed by atoms with van der Waals surface area (Å²) in [6.45, 7) is 1.81. The number of carbonyl (C=O) groups is 1. The third-order valence-electron chi connectivity index (χ3n) is 2.53. The van der Waals surface area contributed by atoms with Gasteiger partial charge in [-0.3, -0.25) is 9.69 Å². The number of anilines is 1. The van der Waals surface area contributed by atoms with Crippen molar-refractivity contribution in [2.24, 2.45) is 4.99 Å². The zero-order valence-corrected chi connectivity index (χ0v) is 9.27. The first-order valence-electron chi connectivity index (χ1n) is 4.98. The molecule has 4 heteroatoms. The zero-order valence-electron chi connectivity index (χ0n) is 9.27. The van der Waals surface area contributed by atoms with Crippen LogP contribution in [0.15, 0.2) is 35.0 Å². The van der Waals surface area contributed by atoms with E-state index in [1.165, 1.54) is 4.90 Å². The van der Waals surface area contributed by atoms with Crippen molar-refractivity contribution in [1.82, 2.24) is 4.90 Å². The van der Waals surface area contributed by atoms with Gasteiger partial charge in [-0.1, -0.05) is 12.1 Å². The Balaban J connectivity index is 2.32. The molecule has 1 aromatic rings. The number of amides is 1. The number of carbonyl (C=O) groups excluding carboxylic acids is 1. The van der Waals surface area contributed by atoms with Crippen LogP contribution in [0.3, 0.4) is 0 Å². The normalized spacial score (nSPS) is 18.1. The van der Waals surface area contributed by atoms with Crippen LogP contribution in [0, 0.1) is 0 Å². The van der Waals surface area contributed by atoms with E-state index in [-0.39, 0.29) is 5.91 Å². The van der Waals surface area contributed by atoms with E-state index in [4.69, 9.17) is 5.73 Å². The third-order valence-corrected chi connectivity index (χ3v) is 2.53. The Kier molecular flexibility index (Phi) is 2.48. The minimum Gasteiger partial charge on any atom is -0.399 e. The highest BCUT2D eigenvalue weighted by molar-refractivity contribution is 6.13. The second-order valence-electron chi connectivity index (χ2n) is 3.72. The van der Waals surface area contributed by atoms with Crippen molar-refractivity contribution in [3.05, 3.63) is 35.5 Å². The molecule has 0 atom stereocenters. The number of rotatable bonds is 1. The molecule has 1 aliphatic heterocycles. The fourth-order valence-corrected chi connectivity index (χ4v) is 1.46. The van der Waals surface area contributed by atoms with Crippen molar-refractivity contribution < 1.29 is 4.79 Å². The third kappa shape index (κ3) is 1.82. The molecular weight excluding hydrogens is 202 g/mol. The SMILES string of the molecule is CC1=N/C(=C\c2ccc(N)cc2)C(=O)N1C. The first-order valence-corrected chi connectivity index (χ1v) is 4.98. The lowest BCUT2D eigenvalue weighted by atomic mass is 10.2. The number of likely N-dealkylation sites (N-methyl/N-ethyl adjacent to an activating group) is 1. The fourth-order valence-electron chi connectivity index (χ4n) is 1.46. The number of nitrogens with zero attached hydrogens (tertiary/aromatic N) is 2. The summed E-state index contributed by atoms with van der Waals surface area (Å²) in [7, 11) is 1.71. The first-order chi connectivity index (χ1) is 7.58. The highest BCUT2D eigenvalue weighted by Crippen LogP contribution is 2.17. The number of benzene rings is 1. The fraction of sp³-hybridized carbons (Fsp3) is 0.167. The van der Waals surface area contributed by atoms with Gasteiger partial charge < -0.3 is 5.73 Å². The van der Waals surface area contributed by atoms with Gasteiger partial charge in [0.05, 0.1) is 0 Å². The Hall–Kier alpha value is -2.10. The molecule has 1 amide bonds. The molecule has 1 aliphatic rings. The Morgan fingerprint density at radius 2 is 1.94 bits per heavy atom. The predicted molar refractivity (Wildman–Crippen MR) is 64.7 cm³/mol. The van der Waals surface area contributed by atoms with Gasteiger partial charge in [0.15, 0.2) is 0 Å². The van der Waals surface area contributed by atoms with E-state index in [2.05, 4.69) is 4.99 Å². The lowest BCUT2D eigenvalue weighted by molar-refractivity contribution is -0.121. The Morgan fingerprint density at radius 1 is 1.31 bits per heavy atom. The Morgan fingerprint density at radius 3 is 2.44 bits per heavy atom. The molecule has 82 valence electrons. The maximum Gasteiger partial charge on any atom is 0.277 e. The maximum atomic E-state index is 11.7. The molecule has 0 unspecified atom stereocenters. The van der Waals surface area contributed by atoms with Crippen molar-refractivity contribution in [2.75, 3.05) is 12.8 Å². The summed E-state index contributed by atoms with van der Waals surface area (Å²) >= 11 is 0. The number of amidine groups is 1. The molecule has 0 aliphatic carbocycles. The Bertz CT molecular complexity index is 485. The van der Waals surface area contributed by atoms with Crippen LogP contribution in [0.5, 0.6) is 0 Å². The molecule has 0 aromatic heterocycles. The van der Waals surface area contributed by atoms with Crippen LogP contribution in [0.2, 0.25) is 0 Å². The van der Waals surface area contributed by atoms with E-state index in [0.29, 0.717) is 17.2 Å². The van der Waals surface area contributed by atoms with E-state index >= 15 is 0 Å². The van der Waals surface area contributed by atoms with Crippen LogP contribution in [0.1, 0.15) is 12.5 Å². The second kappa shape index (κ2) is 3.81. The molecule has 0 saturated heterocycles. The molecule has 0 saturated carbocycles. The highest BCUT2D eigenvalue weighted by Gasteiger charge is 2.23. The summed E-state index contributed by atoms with van der Waals surface area (Å²) in [5.74, 6) is 0.640. The number of nitrogens with two attached hydrogens (primary N) is 1. The number of aliphatic imine (C=N–C) groups is 1. The number of nitrogen functional groups attached to an aromatic ring is 1. The van der Waals surface area contributed by atoms with Crippen LogP contribution in [-0.2, 0) is 4.79 Å². The molecular formula is C12H13N3O. The average molecular weight is 215 g/mol. The summed E-state index contributed by atoms with van der Waals surface area (Å²) in [6.07, 6.45) is 1.76. The summed E-state index contributed by atoms with van der Waals surface area (Å²) in [5, 5.41) is 0. The summed E-state index contributed by atoms with van der Waals surface area (Å²) in [6, 6.07) is 7.32. The van der Waals surface area contributed by atoms with Crippen molar-refractivity contribution in [3.63, 3.8) is 0 Å². The number of hydrogen-bond acceptors (Lipinski definition) is 3. The summed E-state index contributed by atoms with van der Waals surface area (Å²) in [4.78, 5) is 17.4. The van der Waals surface area contributed by atoms with E-state index in [9.17, 15) is 4.79 Å². The maximum absolute atomic E-state index is 11.7. The molecule has 0 radical (unpaired) electrons. The van der Waals surface area contributed by atoms with Crippen LogP contribution < -0.4 is 5.73 Å². The van der Waals surface area contributed by atoms with Gasteiger partial charge in [0.1, 0.15) is 11.5 Å². The molecule has 16 heavy (non-hydrogen) atoms. The van der Waals surface area contributed by atoms with Gasteiger partial charge >= 0.3 is 0 Å². The van der Waals surface area contributed by atoms with Crippen molar-refractivity contribution >= 4 is 23.5 Å². The molecule has 2 N–H and O–H groups in total. The van der Waals surface area contributed by atoms with Crippen LogP contribution in [0.25, 0.3) is 6.08 Å². The summed E-state index contributed by atoms with van der Waals surface area (Å²) < 4.78 is 0. The van der Waals surface area contributed by atoms with Crippen molar-refractivity contribution in [3.8, 4) is 0 Å². The van der Waals surface area contributed by atoms with E-state index in [1.807, 2.05) is 19.1 Å². The van der Waals surface area contributed by atoms with Gasteiger partial charge in [-0.25, -0.2) is 4.99 Å². The second-order valence-corrected chi connectivity index (χ2v) is 3.72. The van der Waals surface area contributed by atoms with Gasteiger partial charge in [-0.05, 0) is 30.7 Å². The van der Waals surface area contributed by atoms with Gasteiger partial charge in [0.2, 0.25) is 0 Å². The average Bonchev–Trinajstić information content (AvgIpc) is 2.50. The minimum absolute atomic E-state index is 0.0747. The van der Waals surface area contributed by atoms with E-state index < -0.39 is 0 Å². The largest absolute Gasteiger partial charge is 0.399 e. The van der Waals surface area contributed by atoms with Crippen molar-refractivity contribution in [1.29, 1.82) is 0 Å². The minimum atomic E-state index is -0.0747. The van der Waals surface area contributed by atoms with Gasteiger partial charge in [-0.2, -0.15) is 0 Å². The van der Waals surface area contributed by atoms with Gasteiger partial charge in [-0.15, -0.1) is 0 Å². The van der Waals surface area contributed by atoms with Crippen LogP contribution >= 0.6 is 0 Å². The molecule has 0 bridgehead atoms. The Labute approximate surface area is 94.1 Å².